The topological polar surface area (TPSA) is 91.1 Å². The second kappa shape index (κ2) is 4.88. The molecule has 7 heteroatoms. The SMILES string of the molecule is O=CNc1cc2ccc(NC[SH](=O)=O)cc2[nH]1. The van der Waals surface area contributed by atoms with Crippen LogP contribution in [0.4, 0.5) is 11.5 Å². The van der Waals surface area contributed by atoms with Gasteiger partial charge >= 0.3 is 0 Å². The summed E-state index contributed by atoms with van der Waals surface area (Å²) in [5.41, 5.74) is 1.52. The van der Waals surface area contributed by atoms with Crippen LogP contribution < -0.4 is 10.6 Å². The van der Waals surface area contributed by atoms with E-state index in [0.29, 0.717) is 17.9 Å². The molecule has 2 aromatic rings. The Hall–Kier alpha value is -2.02. The molecule has 6 nitrogen and oxygen atoms in total. The minimum atomic E-state index is -2.45. The highest BCUT2D eigenvalue weighted by atomic mass is 32.2. The van der Waals surface area contributed by atoms with Gasteiger partial charge in [0, 0.05) is 16.6 Å². The van der Waals surface area contributed by atoms with Crippen LogP contribution in [-0.2, 0) is 15.5 Å². The largest absolute Gasteiger partial charge is 0.372 e. The predicted octanol–water partition coefficient (Wildman–Crippen LogP) is 0.717. The van der Waals surface area contributed by atoms with E-state index in [0.717, 1.165) is 10.9 Å². The van der Waals surface area contributed by atoms with Gasteiger partial charge in [-0.3, -0.25) is 4.79 Å². The van der Waals surface area contributed by atoms with E-state index < -0.39 is 10.7 Å². The Morgan fingerprint density at radius 2 is 2.12 bits per heavy atom. The summed E-state index contributed by atoms with van der Waals surface area (Å²) >= 11 is 0. The standard InChI is InChI=1S/C10H11N3O3S/c14-5-11-10-3-7-1-2-8(4-9(7)13-10)12-6-17(15)16/h1-5,12-13,17H,6H2,(H,11,14). The van der Waals surface area contributed by atoms with Crippen molar-refractivity contribution in [3.05, 3.63) is 24.3 Å². The maximum atomic E-state index is 10.4. The number of carbonyl (C=O) groups is 1. The predicted molar refractivity (Wildman–Crippen MR) is 66.8 cm³/mol. The van der Waals surface area contributed by atoms with Gasteiger partial charge in [0.1, 0.15) is 11.7 Å². The van der Waals surface area contributed by atoms with Gasteiger partial charge in [-0.05, 0) is 18.2 Å². The van der Waals surface area contributed by atoms with Crippen molar-refractivity contribution in [1.29, 1.82) is 0 Å². The van der Waals surface area contributed by atoms with Crippen molar-refractivity contribution in [3.8, 4) is 0 Å². The third kappa shape index (κ3) is 2.76. The monoisotopic (exact) mass is 253 g/mol. The van der Waals surface area contributed by atoms with Gasteiger partial charge in [0.05, 0.1) is 0 Å². The zero-order valence-corrected chi connectivity index (χ0v) is 9.66. The molecule has 2 rings (SSSR count). The molecule has 90 valence electrons. The Morgan fingerprint density at radius 1 is 1.29 bits per heavy atom. The van der Waals surface area contributed by atoms with Gasteiger partial charge in [0.2, 0.25) is 6.41 Å². The Labute approximate surface area is 99.0 Å². The van der Waals surface area contributed by atoms with Gasteiger partial charge < -0.3 is 15.6 Å². The molecule has 0 atom stereocenters. The number of rotatable bonds is 5. The van der Waals surface area contributed by atoms with Crippen LogP contribution in [0.1, 0.15) is 0 Å². The van der Waals surface area contributed by atoms with Crippen LogP contribution in [0.2, 0.25) is 0 Å². The molecule has 1 aromatic carbocycles. The van der Waals surface area contributed by atoms with E-state index in [-0.39, 0.29) is 5.88 Å². The molecule has 1 amide bonds. The first-order valence-electron chi connectivity index (χ1n) is 4.87. The van der Waals surface area contributed by atoms with Crippen molar-refractivity contribution in [3.63, 3.8) is 0 Å². The molecule has 0 fully saturated rings. The van der Waals surface area contributed by atoms with Gasteiger partial charge in [-0.1, -0.05) is 6.07 Å². The van der Waals surface area contributed by atoms with E-state index in [9.17, 15) is 13.2 Å². The van der Waals surface area contributed by atoms with E-state index >= 15 is 0 Å². The van der Waals surface area contributed by atoms with Crippen molar-refractivity contribution in [2.45, 2.75) is 0 Å². The number of aromatic amines is 1. The molecule has 0 saturated heterocycles. The number of aromatic nitrogens is 1. The molecule has 0 spiro atoms. The summed E-state index contributed by atoms with van der Waals surface area (Å²) in [6.07, 6.45) is 0.589. The normalized spacial score (nSPS) is 10.6. The van der Waals surface area contributed by atoms with Gasteiger partial charge in [0.15, 0.2) is 10.7 Å². The van der Waals surface area contributed by atoms with Crippen molar-refractivity contribution >= 4 is 39.5 Å². The van der Waals surface area contributed by atoms with Crippen molar-refractivity contribution in [2.75, 3.05) is 16.5 Å². The quantitative estimate of drug-likeness (QED) is 0.467. The number of H-pyrrole nitrogens is 1. The highest BCUT2D eigenvalue weighted by Gasteiger charge is 2.01. The summed E-state index contributed by atoms with van der Waals surface area (Å²) in [6.45, 7) is 0. The lowest BCUT2D eigenvalue weighted by Gasteiger charge is -2.01. The summed E-state index contributed by atoms with van der Waals surface area (Å²) in [7, 11) is -2.45. The van der Waals surface area contributed by atoms with Gasteiger partial charge in [-0.15, -0.1) is 0 Å². The van der Waals surface area contributed by atoms with Gasteiger partial charge in [-0.2, -0.15) is 0 Å². The Kier molecular flexibility index (Phi) is 3.29. The van der Waals surface area contributed by atoms with Crippen LogP contribution >= 0.6 is 0 Å². The van der Waals surface area contributed by atoms with Crippen molar-refractivity contribution < 1.29 is 13.2 Å². The zero-order valence-electron chi connectivity index (χ0n) is 8.77. The highest BCUT2D eigenvalue weighted by Crippen LogP contribution is 2.21. The summed E-state index contributed by atoms with van der Waals surface area (Å²) < 4.78 is 20.9. The number of amides is 1. The molecule has 1 heterocycles. The Morgan fingerprint density at radius 3 is 2.82 bits per heavy atom. The molecule has 1 aromatic heterocycles. The summed E-state index contributed by atoms with van der Waals surface area (Å²) in [6, 6.07) is 7.19. The highest BCUT2D eigenvalue weighted by molar-refractivity contribution is 7.72. The molecule has 0 aliphatic carbocycles. The fourth-order valence-corrected chi connectivity index (χ4v) is 1.85. The molecular weight excluding hydrogens is 242 g/mol. The van der Waals surface area contributed by atoms with Gasteiger partial charge in [-0.25, -0.2) is 8.42 Å². The van der Waals surface area contributed by atoms with Crippen LogP contribution in [0.15, 0.2) is 24.3 Å². The van der Waals surface area contributed by atoms with E-state index in [1.165, 1.54) is 0 Å². The molecule has 0 unspecified atom stereocenters. The summed E-state index contributed by atoms with van der Waals surface area (Å²) in [5, 5.41) is 6.22. The molecule has 3 N–H and O–H groups in total. The van der Waals surface area contributed by atoms with Crippen LogP contribution in [0.3, 0.4) is 0 Å². The zero-order chi connectivity index (χ0) is 12.3. The van der Waals surface area contributed by atoms with Crippen LogP contribution in [0.25, 0.3) is 10.9 Å². The molecule has 0 saturated carbocycles. The molecule has 0 radical (unpaired) electrons. The lowest BCUT2D eigenvalue weighted by molar-refractivity contribution is -0.105. The average molecular weight is 253 g/mol. The van der Waals surface area contributed by atoms with Crippen molar-refractivity contribution in [2.24, 2.45) is 0 Å². The lowest BCUT2D eigenvalue weighted by Crippen LogP contribution is -2.01. The molecular formula is C10H11N3O3S. The molecule has 0 aliphatic rings. The fourth-order valence-electron chi connectivity index (χ4n) is 1.53. The first-order chi connectivity index (χ1) is 8.19. The van der Waals surface area contributed by atoms with Gasteiger partial charge in [0.25, 0.3) is 0 Å². The minimum Gasteiger partial charge on any atom is -0.372 e. The molecule has 0 bridgehead atoms. The number of thiol groups is 1. The maximum Gasteiger partial charge on any atom is 0.212 e. The summed E-state index contributed by atoms with van der Waals surface area (Å²) in [4.78, 5) is 13.3. The maximum absolute atomic E-state index is 10.4. The van der Waals surface area contributed by atoms with E-state index in [1.54, 1.807) is 18.2 Å². The number of fused-ring (bicyclic) bond motifs is 1. The Balaban J connectivity index is 2.26. The number of hydrogen-bond donors (Lipinski definition) is 4. The first kappa shape index (κ1) is 11.5. The van der Waals surface area contributed by atoms with Crippen LogP contribution in [0.5, 0.6) is 0 Å². The number of anilines is 2. The van der Waals surface area contributed by atoms with E-state index in [2.05, 4.69) is 15.6 Å². The molecule has 17 heavy (non-hydrogen) atoms. The van der Waals surface area contributed by atoms with Crippen LogP contribution in [0, 0.1) is 0 Å². The number of benzene rings is 1. The molecule has 0 aliphatic heterocycles. The Bertz CT molecular complexity index is 610. The smallest absolute Gasteiger partial charge is 0.212 e. The number of carbonyl (C=O) groups excluding carboxylic acids is 1. The second-order valence-corrected chi connectivity index (χ2v) is 4.40. The third-order valence-corrected chi connectivity index (χ3v) is 2.67. The van der Waals surface area contributed by atoms with E-state index in [4.69, 9.17) is 0 Å². The fraction of sp³-hybridized carbons (Fsp3) is 0.100. The van der Waals surface area contributed by atoms with Crippen LogP contribution in [-0.4, -0.2) is 25.7 Å². The second-order valence-electron chi connectivity index (χ2n) is 3.41. The average Bonchev–Trinajstić information content (AvgIpc) is 2.68. The number of nitrogens with one attached hydrogen (secondary N) is 3. The third-order valence-electron chi connectivity index (χ3n) is 2.25. The lowest BCUT2D eigenvalue weighted by atomic mass is 10.2. The summed E-state index contributed by atoms with van der Waals surface area (Å²) in [5.74, 6) is 0.503. The first-order valence-corrected chi connectivity index (χ1v) is 6.24. The van der Waals surface area contributed by atoms with E-state index in [1.807, 2.05) is 6.07 Å². The van der Waals surface area contributed by atoms with Crippen molar-refractivity contribution in [1.82, 2.24) is 4.98 Å². The minimum absolute atomic E-state index is 0.0962. The number of hydrogen-bond acceptors (Lipinski definition) is 4.